The van der Waals surface area contributed by atoms with Crippen LogP contribution in [0.5, 0.6) is 0 Å². The molecule has 0 aliphatic heterocycles. The van der Waals surface area contributed by atoms with E-state index in [4.69, 9.17) is 18.8 Å². The molecule has 2 rings (SSSR count). The molecule has 0 spiro atoms. The Morgan fingerprint density at radius 2 is 1.17 bits per heavy atom. The highest BCUT2D eigenvalue weighted by molar-refractivity contribution is 7.85. The Balaban J connectivity index is 0.00000195. The maximum Gasteiger partial charge on any atom is 0.261 e. The minimum atomic E-state index is -3.67. The van der Waals surface area contributed by atoms with E-state index < -0.39 is 10.1 Å². The van der Waals surface area contributed by atoms with Gasteiger partial charge in [-0.2, -0.15) is 13.0 Å². The highest BCUT2D eigenvalue weighted by Gasteiger charge is 2.11. The van der Waals surface area contributed by atoms with Gasteiger partial charge in [-0.25, -0.2) is 0 Å². The molecule has 1 N–H and O–H groups in total. The predicted octanol–water partition coefficient (Wildman–Crippen LogP) is 9.59. The average Bonchev–Trinajstić information content (AvgIpc) is 3.55. The highest BCUT2D eigenvalue weighted by atomic mass is 32.2. The van der Waals surface area contributed by atoms with Gasteiger partial charge in [0.15, 0.2) is 6.20 Å². The molecule has 266 valence electrons. The first-order valence-electron chi connectivity index (χ1n) is 18.0. The molecule has 7 nitrogen and oxygen atoms in total. The summed E-state index contributed by atoms with van der Waals surface area (Å²) < 4.78 is 46.4. The molecule has 0 saturated carbocycles. The lowest BCUT2D eigenvalue weighted by Crippen LogP contribution is -2.29. The molecule has 1 aromatic carbocycles. The number of aromatic nitrogens is 1. The van der Waals surface area contributed by atoms with Crippen molar-refractivity contribution in [3.05, 3.63) is 53.0 Å². The fraction of sp³-hybridized carbons (Fsp3) is 0.757. The van der Waals surface area contributed by atoms with Crippen LogP contribution in [0.2, 0.25) is 0 Å². The summed E-state index contributed by atoms with van der Waals surface area (Å²) in [5.41, 5.74) is 3.39. The summed E-state index contributed by atoms with van der Waals surface area (Å²) in [6, 6.07) is 10.4. The van der Waals surface area contributed by atoms with Crippen molar-refractivity contribution in [3.8, 4) is 0 Å². The van der Waals surface area contributed by atoms with E-state index in [1.807, 2.05) is 6.07 Å². The number of hydrogen-bond donors (Lipinski definition) is 1. The smallest absolute Gasteiger partial charge is 0.261 e. The van der Waals surface area contributed by atoms with Crippen molar-refractivity contribution in [3.63, 3.8) is 0 Å². The number of benzene rings is 1. The molecule has 0 saturated heterocycles. The number of hydrogen-bond acceptors (Lipinski definition) is 6. The van der Waals surface area contributed by atoms with Crippen molar-refractivity contribution in [2.45, 2.75) is 148 Å². The molecule has 0 amide bonds. The van der Waals surface area contributed by atoms with Crippen LogP contribution in [0.25, 0.3) is 0 Å². The van der Waals surface area contributed by atoms with Crippen molar-refractivity contribution in [1.29, 1.82) is 0 Å². The van der Waals surface area contributed by atoms with Crippen LogP contribution in [-0.4, -0.2) is 51.8 Å². The molecule has 1 heterocycles. The van der Waals surface area contributed by atoms with Gasteiger partial charge in [0, 0.05) is 19.6 Å². The third-order valence-electron chi connectivity index (χ3n) is 7.81. The summed E-state index contributed by atoms with van der Waals surface area (Å²) >= 11 is 1.76. The summed E-state index contributed by atoms with van der Waals surface area (Å²) in [6.45, 7) is 6.90. The van der Waals surface area contributed by atoms with Crippen LogP contribution in [-0.2, 0) is 37.5 Å². The zero-order chi connectivity index (χ0) is 33.4. The second-order valence-electron chi connectivity index (χ2n) is 12.4. The number of thiazole rings is 1. The Morgan fingerprint density at radius 3 is 1.63 bits per heavy atom. The van der Waals surface area contributed by atoms with Gasteiger partial charge in [-0.1, -0.05) is 145 Å². The number of ether oxygens (including phenoxy) is 3. The summed E-state index contributed by atoms with van der Waals surface area (Å²) in [4.78, 5) is 0. The molecule has 0 aliphatic rings. The van der Waals surface area contributed by atoms with Crippen molar-refractivity contribution in [2.24, 2.45) is 0 Å². The van der Waals surface area contributed by atoms with E-state index in [0.29, 0.717) is 26.1 Å². The van der Waals surface area contributed by atoms with Crippen LogP contribution in [0.4, 0.5) is 0 Å². The normalized spacial score (nSPS) is 12.2. The van der Waals surface area contributed by atoms with E-state index in [1.165, 1.54) is 115 Å². The maximum absolute atomic E-state index is 9.19. The molecule has 46 heavy (non-hydrogen) atoms. The van der Waals surface area contributed by atoms with Gasteiger partial charge in [0.1, 0.15) is 12.6 Å². The van der Waals surface area contributed by atoms with Crippen molar-refractivity contribution in [2.75, 3.05) is 32.7 Å². The summed E-state index contributed by atoms with van der Waals surface area (Å²) in [7, 11) is -3.67. The van der Waals surface area contributed by atoms with Crippen molar-refractivity contribution in [1.82, 2.24) is 0 Å². The van der Waals surface area contributed by atoms with E-state index in [9.17, 15) is 8.42 Å². The lowest BCUT2D eigenvalue weighted by molar-refractivity contribution is -0.692. The van der Waals surface area contributed by atoms with Gasteiger partial charge in [-0.15, -0.1) is 0 Å². The van der Waals surface area contributed by atoms with Gasteiger partial charge in [0.05, 0.1) is 31.5 Å². The van der Waals surface area contributed by atoms with Gasteiger partial charge in [-0.05, 0) is 24.8 Å². The number of rotatable bonds is 30. The average molecular weight is 685 g/mol. The molecular weight excluding hydrogens is 619 g/mol. The molecule has 0 radical (unpaired) electrons. The van der Waals surface area contributed by atoms with Crippen LogP contribution < -0.4 is 4.57 Å². The molecule has 1 unspecified atom stereocenters. The Kier molecular flexibility index (Phi) is 28.7. The van der Waals surface area contributed by atoms with Crippen molar-refractivity contribution < 1.29 is 31.7 Å². The summed E-state index contributed by atoms with van der Waals surface area (Å²) in [5, 5.41) is 2.14. The van der Waals surface area contributed by atoms with E-state index in [-0.39, 0.29) is 6.10 Å². The second kappa shape index (κ2) is 30.9. The first kappa shape index (κ1) is 42.7. The van der Waals surface area contributed by atoms with Crippen LogP contribution in [0.1, 0.15) is 134 Å². The lowest BCUT2D eigenvalue weighted by atomic mass is 10.0. The fourth-order valence-corrected chi connectivity index (χ4v) is 5.81. The van der Waals surface area contributed by atoms with Crippen LogP contribution in [0.15, 0.2) is 47.4 Å². The van der Waals surface area contributed by atoms with Crippen molar-refractivity contribution >= 4 is 21.5 Å². The lowest BCUT2D eigenvalue weighted by Gasteiger charge is -2.18. The Bertz CT molecular complexity index is 981. The Hall–Kier alpha value is -1.36. The van der Waals surface area contributed by atoms with Gasteiger partial charge in [0.25, 0.3) is 10.1 Å². The first-order chi connectivity index (χ1) is 22.4. The van der Waals surface area contributed by atoms with E-state index in [2.05, 4.69) is 52.8 Å². The largest absolute Gasteiger partial charge is 0.379 e. The van der Waals surface area contributed by atoms with E-state index >= 15 is 0 Å². The first-order valence-corrected chi connectivity index (χ1v) is 20.8. The monoisotopic (exact) mass is 684 g/mol. The zero-order valence-corrected chi connectivity index (χ0v) is 30.8. The predicted molar refractivity (Wildman–Crippen MR) is 192 cm³/mol. The van der Waals surface area contributed by atoms with Crippen LogP contribution in [0.3, 0.4) is 0 Å². The van der Waals surface area contributed by atoms with Gasteiger partial charge in [-0.3, -0.25) is 4.55 Å². The van der Waals surface area contributed by atoms with Gasteiger partial charge in [0.2, 0.25) is 5.51 Å². The summed E-state index contributed by atoms with van der Waals surface area (Å²) in [6.07, 6.45) is 28.4. The Labute approximate surface area is 286 Å². The highest BCUT2D eigenvalue weighted by Crippen LogP contribution is 2.13. The van der Waals surface area contributed by atoms with Gasteiger partial charge < -0.3 is 14.2 Å². The van der Waals surface area contributed by atoms with Crippen LogP contribution >= 0.6 is 11.3 Å². The fourth-order valence-electron chi connectivity index (χ4n) is 5.18. The molecule has 2 aromatic rings. The molecule has 0 fully saturated rings. The number of unbranched alkanes of at least 4 members (excludes halogenated alkanes) is 17. The van der Waals surface area contributed by atoms with E-state index in [0.717, 1.165) is 32.6 Å². The third kappa shape index (κ3) is 31.3. The van der Waals surface area contributed by atoms with Crippen LogP contribution in [0, 0.1) is 0 Å². The number of aryl methyl sites for hydroxylation is 1. The molecular formula is C37H66NO6S2+. The molecule has 9 heteroatoms. The zero-order valence-electron chi connectivity index (χ0n) is 29.1. The van der Waals surface area contributed by atoms with Gasteiger partial charge >= 0.3 is 0 Å². The Morgan fingerprint density at radius 1 is 0.717 bits per heavy atom. The topological polar surface area (TPSA) is 85.9 Å². The minimum absolute atomic E-state index is 0.00973. The quantitative estimate of drug-likeness (QED) is 0.0501. The molecule has 1 aromatic heterocycles. The standard InChI is InChI=1S/C36H62NO3S.CH4O3S/c1-2-3-4-5-6-7-8-9-10-11-12-13-16-22-28-38-32-36(40-31-35-24-19-18-20-25-35)33-39-29-23-17-14-15-21-26-37-27-30-41-34-37;1-5(2,3)4/h18-20,24-25,27,30,34,36H,2-17,21-23,26,28-29,31-33H2,1H3;1H3,(H,2,3,4)/q+1;. The third-order valence-corrected chi connectivity index (χ3v) is 8.48. The summed E-state index contributed by atoms with van der Waals surface area (Å²) in [5.74, 6) is 0. The molecule has 0 bridgehead atoms. The molecule has 0 aliphatic carbocycles. The van der Waals surface area contributed by atoms with E-state index in [1.54, 1.807) is 11.3 Å². The molecule has 1 atom stereocenters. The SMILES string of the molecule is CCCCCCCCCCCCCCCCOCC(COCCCCCCC[n+]1ccsc1)OCc1ccccc1.CS(=O)(=O)O. The maximum atomic E-state index is 9.19. The second-order valence-corrected chi connectivity index (χ2v) is 14.7. The number of nitrogens with zero attached hydrogens (tertiary/aromatic N) is 1. The minimum Gasteiger partial charge on any atom is -0.379 e.